The van der Waals surface area contributed by atoms with Gasteiger partial charge in [0.2, 0.25) is 0 Å². The SMILES string of the molecule is COC(=O)c1ccc(COC(=O)C2CCN(C(=O)Nc3ccccc3)CC2)cc1. The Labute approximate surface area is 169 Å². The molecule has 7 nitrogen and oxygen atoms in total. The molecule has 0 radical (unpaired) electrons. The van der Waals surface area contributed by atoms with E-state index in [0.717, 1.165) is 11.3 Å². The summed E-state index contributed by atoms with van der Waals surface area (Å²) in [5.41, 5.74) is 1.99. The van der Waals surface area contributed by atoms with Crippen molar-refractivity contribution >= 4 is 23.7 Å². The van der Waals surface area contributed by atoms with E-state index in [9.17, 15) is 14.4 Å². The summed E-state index contributed by atoms with van der Waals surface area (Å²) < 4.78 is 10.1. The van der Waals surface area contributed by atoms with Crippen molar-refractivity contribution in [1.29, 1.82) is 0 Å². The van der Waals surface area contributed by atoms with Gasteiger partial charge in [-0.25, -0.2) is 9.59 Å². The number of hydrogen-bond acceptors (Lipinski definition) is 5. The van der Waals surface area contributed by atoms with Crippen molar-refractivity contribution in [2.24, 2.45) is 5.92 Å². The highest BCUT2D eigenvalue weighted by Gasteiger charge is 2.28. The minimum atomic E-state index is -0.406. The van der Waals surface area contributed by atoms with Crippen LogP contribution >= 0.6 is 0 Å². The van der Waals surface area contributed by atoms with Gasteiger partial charge in [-0.15, -0.1) is 0 Å². The molecule has 0 unspecified atom stereocenters. The fourth-order valence-electron chi connectivity index (χ4n) is 3.17. The van der Waals surface area contributed by atoms with Crippen molar-refractivity contribution in [2.75, 3.05) is 25.5 Å². The number of piperidine rings is 1. The van der Waals surface area contributed by atoms with Crippen LogP contribution in [0.25, 0.3) is 0 Å². The van der Waals surface area contributed by atoms with E-state index in [2.05, 4.69) is 10.1 Å². The first kappa shape index (κ1) is 20.4. The molecule has 3 rings (SSSR count). The van der Waals surface area contributed by atoms with E-state index in [-0.39, 0.29) is 24.5 Å². The van der Waals surface area contributed by atoms with Gasteiger partial charge >= 0.3 is 18.0 Å². The fourth-order valence-corrected chi connectivity index (χ4v) is 3.17. The summed E-state index contributed by atoms with van der Waals surface area (Å²) in [5, 5.41) is 2.86. The zero-order chi connectivity index (χ0) is 20.6. The van der Waals surface area contributed by atoms with Crippen LogP contribution in [0.1, 0.15) is 28.8 Å². The van der Waals surface area contributed by atoms with Crippen LogP contribution in [-0.2, 0) is 20.9 Å². The van der Waals surface area contributed by atoms with Crippen LogP contribution in [0, 0.1) is 5.92 Å². The van der Waals surface area contributed by atoms with Gasteiger partial charge in [0.1, 0.15) is 6.61 Å². The van der Waals surface area contributed by atoms with Crippen molar-refractivity contribution in [1.82, 2.24) is 4.90 Å². The lowest BCUT2D eigenvalue weighted by molar-refractivity contribution is -0.151. The Kier molecular flexibility index (Phi) is 6.84. The minimum Gasteiger partial charge on any atom is -0.465 e. The van der Waals surface area contributed by atoms with Gasteiger partial charge < -0.3 is 19.7 Å². The monoisotopic (exact) mass is 396 g/mol. The van der Waals surface area contributed by atoms with Gasteiger partial charge in [0.25, 0.3) is 0 Å². The predicted molar refractivity (Wildman–Crippen MR) is 107 cm³/mol. The molecule has 1 saturated heterocycles. The number of anilines is 1. The summed E-state index contributed by atoms with van der Waals surface area (Å²) >= 11 is 0. The van der Waals surface area contributed by atoms with E-state index < -0.39 is 5.97 Å². The van der Waals surface area contributed by atoms with Crippen LogP contribution in [0.4, 0.5) is 10.5 Å². The van der Waals surface area contributed by atoms with Crippen molar-refractivity contribution in [2.45, 2.75) is 19.4 Å². The molecule has 2 aromatic carbocycles. The van der Waals surface area contributed by atoms with Crippen molar-refractivity contribution in [3.8, 4) is 0 Å². The van der Waals surface area contributed by atoms with Gasteiger partial charge in [-0.3, -0.25) is 4.79 Å². The maximum Gasteiger partial charge on any atom is 0.337 e. The number of amides is 2. The van der Waals surface area contributed by atoms with Gasteiger partial charge in [0, 0.05) is 18.8 Å². The number of benzene rings is 2. The molecule has 0 bridgehead atoms. The van der Waals surface area contributed by atoms with Crippen LogP contribution in [0.2, 0.25) is 0 Å². The number of nitrogens with one attached hydrogen (secondary N) is 1. The highest BCUT2D eigenvalue weighted by Crippen LogP contribution is 2.20. The number of likely N-dealkylation sites (tertiary alicyclic amines) is 1. The quantitative estimate of drug-likeness (QED) is 0.783. The largest absolute Gasteiger partial charge is 0.465 e. The topological polar surface area (TPSA) is 84.9 Å². The van der Waals surface area contributed by atoms with E-state index in [4.69, 9.17) is 4.74 Å². The number of hydrogen-bond donors (Lipinski definition) is 1. The van der Waals surface area contributed by atoms with Crippen LogP contribution in [-0.4, -0.2) is 43.1 Å². The highest BCUT2D eigenvalue weighted by molar-refractivity contribution is 5.90. The van der Waals surface area contributed by atoms with Gasteiger partial charge in [-0.05, 0) is 42.7 Å². The Morgan fingerprint density at radius 1 is 1.00 bits per heavy atom. The smallest absolute Gasteiger partial charge is 0.337 e. The normalized spacial score (nSPS) is 14.2. The Morgan fingerprint density at radius 2 is 1.66 bits per heavy atom. The lowest BCUT2D eigenvalue weighted by Crippen LogP contribution is -2.42. The van der Waals surface area contributed by atoms with E-state index in [0.29, 0.717) is 31.5 Å². The molecule has 0 aromatic heterocycles. The number of ether oxygens (including phenoxy) is 2. The number of esters is 2. The second kappa shape index (κ2) is 9.73. The Bertz CT molecular complexity index is 843. The number of nitrogens with zero attached hydrogens (tertiary/aromatic N) is 1. The Balaban J connectivity index is 1.43. The van der Waals surface area contributed by atoms with E-state index in [1.807, 2.05) is 30.3 Å². The molecule has 1 N–H and O–H groups in total. The molecule has 152 valence electrons. The second-order valence-corrected chi connectivity index (χ2v) is 6.85. The lowest BCUT2D eigenvalue weighted by atomic mass is 9.97. The predicted octanol–water partition coefficient (Wildman–Crippen LogP) is 3.46. The molecule has 1 heterocycles. The molecule has 0 saturated carbocycles. The molecule has 1 fully saturated rings. The molecular formula is C22H24N2O5. The summed E-state index contributed by atoms with van der Waals surface area (Å²) in [6.07, 6.45) is 1.14. The van der Waals surface area contributed by atoms with E-state index in [1.54, 1.807) is 29.2 Å². The number of urea groups is 1. The summed E-state index contributed by atoms with van der Waals surface area (Å²) in [5.74, 6) is -0.883. The number of rotatable bonds is 5. The number of carbonyl (C=O) groups excluding carboxylic acids is 3. The van der Waals surface area contributed by atoms with Crippen molar-refractivity contribution in [3.05, 3.63) is 65.7 Å². The van der Waals surface area contributed by atoms with Crippen LogP contribution < -0.4 is 5.32 Å². The minimum absolute atomic E-state index is 0.148. The van der Waals surface area contributed by atoms with Gasteiger partial charge in [-0.2, -0.15) is 0 Å². The van der Waals surface area contributed by atoms with Crippen LogP contribution in [0.15, 0.2) is 54.6 Å². The second-order valence-electron chi connectivity index (χ2n) is 6.85. The molecule has 29 heavy (non-hydrogen) atoms. The van der Waals surface area contributed by atoms with Crippen molar-refractivity contribution in [3.63, 3.8) is 0 Å². The molecule has 1 aliphatic rings. The molecule has 0 spiro atoms. The fraction of sp³-hybridized carbons (Fsp3) is 0.318. The van der Waals surface area contributed by atoms with Crippen LogP contribution in [0.3, 0.4) is 0 Å². The van der Waals surface area contributed by atoms with Gasteiger partial charge in [0.15, 0.2) is 0 Å². The number of para-hydroxylation sites is 1. The lowest BCUT2D eigenvalue weighted by Gasteiger charge is -2.31. The van der Waals surface area contributed by atoms with Gasteiger partial charge in [0.05, 0.1) is 18.6 Å². The highest BCUT2D eigenvalue weighted by atomic mass is 16.5. The summed E-state index contributed by atoms with van der Waals surface area (Å²) in [4.78, 5) is 37.8. The van der Waals surface area contributed by atoms with E-state index >= 15 is 0 Å². The standard InChI is InChI=1S/C22H24N2O5/c1-28-20(25)17-9-7-16(8-10-17)15-29-21(26)18-11-13-24(14-12-18)22(27)23-19-5-3-2-4-6-19/h2-10,18H,11-15H2,1H3,(H,23,27). The molecule has 2 aromatic rings. The zero-order valence-electron chi connectivity index (χ0n) is 16.3. The molecular weight excluding hydrogens is 372 g/mol. The number of carbonyl (C=O) groups is 3. The summed E-state index contributed by atoms with van der Waals surface area (Å²) in [7, 11) is 1.33. The summed E-state index contributed by atoms with van der Waals surface area (Å²) in [6.45, 7) is 1.16. The first-order valence-electron chi connectivity index (χ1n) is 9.51. The molecule has 2 amide bonds. The molecule has 0 atom stereocenters. The third kappa shape index (κ3) is 5.57. The Hall–Kier alpha value is -3.35. The molecule has 0 aliphatic carbocycles. The Morgan fingerprint density at radius 3 is 2.28 bits per heavy atom. The summed E-state index contributed by atoms with van der Waals surface area (Å²) in [6, 6.07) is 15.9. The zero-order valence-corrected chi connectivity index (χ0v) is 16.3. The maximum absolute atomic E-state index is 12.3. The third-order valence-electron chi connectivity index (χ3n) is 4.90. The number of methoxy groups -OCH3 is 1. The van der Waals surface area contributed by atoms with Crippen LogP contribution in [0.5, 0.6) is 0 Å². The maximum atomic E-state index is 12.3. The first-order valence-corrected chi connectivity index (χ1v) is 9.51. The molecule has 7 heteroatoms. The average Bonchev–Trinajstić information content (AvgIpc) is 2.78. The average molecular weight is 396 g/mol. The van der Waals surface area contributed by atoms with Crippen molar-refractivity contribution < 1.29 is 23.9 Å². The molecule has 1 aliphatic heterocycles. The first-order chi connectivity index (χ1) is 14.1. The van der Waals surface area contributed by atoms with E-state index in [1.165, 1.54) is 7.11 Å². The third-order valence-corrected chi connectivity index (χ3v) is 4.90. The van der Waals surface area contributed by atoms with Gasteiger partial charge in [-0.1, -0.05) is 30.3 Å².